The Morgan fingerprint density at radius 1 is 1.11 bits per heavy atom. The molecule has 5 heteroatoms. The van der Waals surface area contributed by atoms with Crippen molar-refractivity contribution >= 4 is 23.2 Å². The van der Waals surface area contributed by atoms with Crippen LogP contribution in [0.1, 0.15) is 11.3 Å². The number of nitrogens with zero attached hydrogens (tertiary/aromatic N) is 1. The zero-order valence-electron chi connectivity index (χ0n) is 9.44. The van der Waals surface area contributed by atoms with E-state index < -0.39 is 0 Å². The van der Waals surface area contributed by atoms with Crippen LogP contribution in [0.3, 0.4) is 0 Å². The van der Waals surface area contributed by atoms with Gasteiger partial charge in [-0.15, -0.1) is 0 Å². The van der Waals surface area contributed by atoms with Crippen LogP contribution in [0.4, 0.5) is 0 Å². The fourth-order valence-corrected chi connectivity index (χ4v) is 1.71. The lowest BCUT2D eigenvalue weighted by atomic mass is 10.2. The van der Waals surface area contributed by atoms with Gasteiger partial charge >= 0.3 is 0 Å². The van der Waals surface area contributed by atoms with E-state index in [4.69, 9.17) is 33.0 Å². The molecule has 0 bridgehead atoms. The maximum absolute atomic E-state index is 8.86. The molecule has 0 fully saturated rings. The first-order valence-corrected chi connectivity index (χ1v) is 6.07. The number of rotatable bonds is 4. The number of hydrogen-bond acceptors (Lipinski definition) is 3. The molecule has 0 saturated heterocycles. The van der Waals surface area contributed by atoms with Crippen molar-refractivity contribution in [3.05, 3.63) is 57.8 Å². The number of aliphatic hydroxyl groups excluding tert-OH is 1. The lowest BCUT2D eigenvalue weighted by molar-refractivity contribution is 0.275. The topological polar surface area (TPSA) is 42.4 Å². The average molecular weight is 284 g/mol. The van der Waals surface area contributed by atoms with Crippen molar-refractivity contribution in [2.24, 2.45) is 0 Å². The van der Waals surface area contributed by atoms with Gasteiger partial charge in [-0.1, -0.05) is 29.3 Å². The summed E-state index contributed by atoms with van der Waals surface area (Å²) in [5.74, 6) is 0.637. The molecule has 1 aromatic carbocycles. The summed E-state index contributed by atoms with van der Waals surface area (Å²) in [6.45, 7) is 0.310. The number of pyridine rings is 1. The van der Waals surface area contributed by atoms with Gasteiger partial charge in [0.2, 0.25) is 0 Å². The summed E-state index contributed by atoms with van der Waals surface area (Å²) in [6.07, 6.45) is 1.57. The Balaban J connectivity index is 1.99. The van der Waals surface area contributed by atoms with E-state index in [2.05, 4.69) is 4.98 Å². The molecule has 2 aromatic rings. The zero-order valence-corrected chi connectivity index (χ0v) is 10.9. The molecule has 0 unspecified atom stereocenters. The number of halogens is 2. The van der Waals surface area contributed by atoms with Gasteiger partial charge in [-0.05, 0) is 29.8 Å². The van der Waals surface area contributed by atoms with Gasteiger partial charge in [0.15, 0.2) is 0 Å². The van der Waals surface area contributed by atoms with Crippen molar-refractivity contribution in [2.75, 3.05) is 0 Å². The van der Waals surface area contributed by atoms with Crippen LogP contribution in [0.15, 0.2) is 36.5 Å². The first kappa shape index (κ1) is 13.1. The van der Waals surface area contributed by atoms with Crippen LogP contribution in [0.5, 0.6) is 5.75 Å². The van der Waals surface area contributed by atoms with Crippen LogP contribution in [0.25, 0.3) is 0 Å². The SMILES string of the molecule is OCc1ccc(OCc2ccc(Cl)c(Cl)c2)cn1. The normalized spacial score (nSPS) is 10.4. The Kier molecular flexibility index (Phi) is 4.42. The van der Waals surface area contributed by atoms with Crippen molar-refractivity contribution in [3.8, 4) is 5.75 Å². The summed E-state index contributed by atoms with van der Waals surface area (Å²) in [6, 6.07) is 8.82. The highest BCUT2D eigenvalue weighted by atomic mass is 35.5. The van der Waals surface area contributed by atoms with Gasteiger partial charge in [-0.25, -0.2) is 0 Å². The second-order valence-electron chi connectivity index (χ2n) is 3.68. The molecule has 3 nitrogen and oxygen atoms in total. The third kappa shape index (κ3) is 3.35. The van der Waals surface area contributed by atoms with Crippen LogP contribution >= 0.6 is 23.2 Å². The minimum atomic E-state index is -0.0763. The highest BCUT2D eigenvalue weighted by Crippen LogP contribution is 2.23. The van der Waals surface area contributed by atoms with Crippen molar-refractivity contribution in [1.29, 1.82) is 0 Å². The van der Waals surface area contributed by atoms with Gasteiger partial charge in [0.25, 0.3) is 0 Å². The van der Waals surface area contributed by atoms with Gasteiger partial charge in [0.05, 0.1) is 28.5 Å². The largest absolute Gasteiger partial charge is 0.487 e. The van der Waals surface area contributed by atoms with E-state index in [0.717, 1.165) is 5.56 Å². The highest BCUT2D eigenvalue weighted by molar-refractivity contribution is 6.42. The van der Waals surface area contributed by atoms with Crippen LogP contribution in [-0.4, -0.2) is 10.1 Å². The molecule has 0 saturated carbocycles. The predicted molar refractivity (Wildman–Crippen MR) is 71.0 cm³/mol. The van der Waals surface area contributed by atoms with Crippen LogP contribution in [-0.2, 0) is 13.2 Å². The Hall–Kier alpha value is -1.29. The number of aliphatic hydroxyl groups is 1. The van der Waals surface area contributed by atoms with Crippen molar-refractivity contribution < 1.29 is 9.84 Å². The van der Waals surface area contributed by atoms with Crippen molar-refractivity contribution in [1.82, 2.24) is 4.98 Å². The summed E-state index contributed by atoms with van der Waals surface area (Å²) >= 11 is 11.7. The highest BCUT2D eigenvalue weighted by Gasteiger charge is 2.01. The average Bonchev–Trinajstić information content (AvgIpc) is 2.41. The molecule has 0 radical (unpaired) electrons. The summed E-state index contributed by atoms with van der Waals surface area (Å²) < 4.78 is 5.54. The van der Waals surface area contributed by atoms with E-state index >= 15 is 0 Å². The maximum Gasteiger partial charge on any atom is 0.138 e. The number of ether oxygens (including phenoxy) is 1. The van der Waals surface area contributed by atoms with Gasteiger partial charge in [-0.3, -0.25) is 4.98 Å². The molecule has 1 heterocycles. The van der Waals surface area contributed by atoms with E-state index in [1.165, 1.54) is 0 Å². The second kappa shape index (κ2) is 6.05. The molecule has 0 aliphatic carbocycles. The van der Waals surface area contributed by atoms with E-state index in [0.29, 0.717) is 28.1 Å². The summed E-state index contributed by atoms with van der Waals surface area (Å²) in [4.78, 5) is 4.02. The van der Waals surface area contributed by atoms with E-state index in [1.807, 2.05) is 6.07 Å². The maximum atomic E-state index is 8.86. The van der Waals surface area contributed by atoms with Crippen molar-refractivity contribution in [3.63, 3.8) is 0 Å². The molecule has 94 valence electrons. The molecule has 0 amide bonds. The van der Waals surface area contributed by atoms with E-state index in [-0.39, 0.29) is 6.61 Å². The first-order valence-electron chi connectivity index (χ1n) is 5.31. The molecule has 18 heavy (non-hydrogen) atoms. The smallest absolute Gasteiger partial charge is 0.138 e. The van der Waals surface area contributed by atoms with Gasteiger partial charge in [0, 0.05) is 0 Å². The molecule has 1 N–H and O–H groups in total. The third-order valence-corrected chi connectivity index (χ3v) is 3.09. The van der Waals surface area contributed by atoms with Crippen molar-refractivity contribution in [2.45, 2.75) is 13.2 Å². The number of aromatic nitrogens is 1. The lowest BCUT2D eigenvalue weighted by Gasteiger charge is -2.07. The molecule has 0 aliphatic heterocycles. The van der Waals surface area contributed by atoms with E-state index in [1.54, 1.807) is 30.5 Å². The minimum Gasteiger partial charge on any atom is -0.487 e. The predicted octanol–water partition coefficient (Wildman–Crippen LogP) is 3.46. The Bertz CT molecular complexity index is 529. The Morgan fingerprint density at radius 2 is 1.94 bits per heavy atom. The Morgan fingerprint density at radius 3 is 2.56 bits per heavy atom. The van der Waals surface area contributed by atoms with E-state index in [9.17, 15) is 0 Å². The second-order valence-corrected chi connectivity index (χ2v) is 4.49. The molecular weight excluding hydrogens is 273 g/mol. The van der Waals surface area contributed by atoms with Crippen LogP contribution in [0, 0.1) is 0 Å². The quantitative estimate of drug-likeness (QED) is 0.934. The minimum absolute atomic E-state index is 0.0763. The molecular formula is C13H11Cl2NO2. The van der Waals surface area contributed by atoms with Crippen LogP contribution < -0.4 is 4.74 Å². The monoisotopic (exact) mass is 283 g/mol. The number of hydrogen-bond donors (Lipinski definition) is 1. The molecule has 2 rings (SSSR count). The molecule has 1 aromatic heterocycles. The summed E-state index contributed by atoms with van der Waals surface area (Å²) in [7, 11) is 0. The lowest BCUT2D eigenvalue weighted by Crippen LogP contribution is -1.97. The molecule has 0 aliphatic rings. The van der Waals surface area contributed by atoms with Gasteiger partial charge in [0.1, 0.15) is 12.4 Å². The number of benzene rings is 1. The molecule has 0 atom stereocenters. The summed E-state index contributed by atoms with van der Waals surface area (Å²) in [5, 5.41) is 9.89. The fourth-order valence-electron chi connectivity index (χ4n) is 1.39. The zero-order chi connectivity index (χ0) is 13.0. The third-order valence-electron chi connectivity index (χ3n) is 2.35. The standard InChI is InChI=1S/C13H11Cl2NO2/c14-12-4-1-9(5-13(12)15)8-18-11-3-2-10(7-17)16-6-11/h1-6,17H,7-8H2. The summed E-state index contributed by atoms with van der Waals surface area (Å²) in [5.41, 5.74) is 1.53. The van der Waals surface area contributed by atoms with Gasteiger partial charge in [-0.2, -0.15) is 0 Å². The first-order chi connectivity index (χ1) is 8.69. The van der Waals surface area contributed by atoms with Crippen LogP contribution in [0.2, 0.25) is 10.0 Å². The van der Waals surface area contributed by atoms with Gasteiger partial charge < -0.3 is 9.84 Å². The Labute approximate surface area is 115 Å². The fraction of sp³-hybridized carbons (Fsp3) is 0.154. The molecule has 0 spiro atoms.